The van der Waals surface area contributed by atoms with Gasteiger partial charge in [-0.15, -0.1) is 0 Å². The van der Waals surface area contributed by atoms with Gasteiger partial charge in [-0.25, -0.2) is 9.79 Å². The molecule has 0 saturated heterocycles. The average molecular weight is 724 g/mol. The van der Waals surface area contributed by atoms with Crippen LogP contribution in [0.3, 0.4) is 0 Å². The third kappa shape index (κ3) is 6.76. The molecule has 0 fully saturated rings. The Hall–Kier alpha value is -3.73. The summed E-state index contributed by atoms with van der Waals surface area (Å²) in [6.07, 6.45) is 3.46. The number of hydrogen-bond donors (Lipinski definition) is 0. The third-order valence-electron chi connectivity index (χ3n) is 6.63. The van der Waals surface area contributed by atoms with E-state index in [2.05, 4.69) is 43.4 Å². The fourth-order valence-electron chi connectivity index (χ4n) is 4.72. The highest BCUT2D eigenvalue weighted by molar-refractivity contribution is 9.11. The minimum atomic E-state index is -0.728. The van der Waals surface area contributed by atoms with E-state index in [4.69, 9.17) is 14.2 Å². The first kappa shape index (κ1) is 30.7. The topological polar surface area (TPSA) is 79.1 Å². The van der Waals surface area contributed by atoms with Crippen LogP contribution < -0.4 is 24.4 Å². The van der Waals surface area contributed by atoms with Crippen LogP contribution in [0, 0.1) is 0 Å². The molecule has 1 atom stereocenters. The monoisotopic (exact) mass is 722 g/mol. The number of hydrogen-bond acceptors (Lipinski definition) is 7. The van der Waals surface area contributed by atoms with Gasteiger partial charge in [0.05, 0.1) is 32.9 Å². The number of carbonyl (C=O) groups is 1. The van der Waals surface area contributed by atoms with E-state index in [1.54, 1.807) is 30.6 Å². The average Bonchev–Trinajstić information content (AvgIpc) is 3.29. The fourth-order valence-corrected chi connectivity index (χ4v) is 7.13. The number of carbonyl (C=O) groups excluding carboxylic acids is 1. The van der Waals surface area contributed by atoms with Gasteiger partial charge in [-0.05, 0) is 71.2 Å². The Bertz CT molecular complexity index is 1880. The molecule has 10 heteroatoms. The summed E-state index contributed by atoms with van der Waals surface area (Å²) in [6.45, 7) is 8.12. The van der Waals surface area contributed by atoms with Crippen molar-refractivity contribution in [1.82, 2.24) is 4.57 Å². The van der Waals surface area contributed by atoms with Crippen molar-refractivity contribution in [2.24, 2.45) is 4.99 Å². The van der Waals surface area contributed by atoms with Gasteiger partial charge in [0.2, 0.25) is 0 Å². The molecular formula is C33H28Br2N2O5S. The molecule has 43 heavy (non-hydrogen) atoms. The maximum atomic E-state index is 14.1. The first-order valence-electron chi connectivity index (χ1n) is 13.5. The van der Waals surface area contributed by atoms with Crippen LogP contribution in [0.1, 0.15) is 36.6 Å². The van der Waals surface area contributed by atoms with Gasteiger partial charge in [-0.2, -0.15) is 0 Å². The molecule has 0 bridgehead atoms. The summed E-state index contributed by atoms with van der Waals surface area (Å²) < 4.78 is 20.9. The van der Waals surface area contributed by atoms with Crippen LogP contribution in [-0.4, -0.2) is 23.8 Å². The van der Waals surface area contributed by atoms with E-state index in [0.29, 0.717) is 50.9 Å². The van der Waals surface area contributed by atoms with E-state index >= 15 is 0 Å². The van der Waals surface area contributed by atoms with E-state index in [-0.39, 0.29) is 12.2 Å². The second-order valence-electron chi connectivity index (χ2n) is 9.55. The first-order valence-corrected chi connectivity index (χ1v) is 15.9. The number of ether oxygens (including phenoxy) is 3. The number of aromatic nitrogens is 1. The summed E-state index contributed by atoms with van der Waals surface area (Å²) in [7, 11) is 0. The number of esters is 1. The van der Waals surface area contributed by atoms with Crippen molar-refractivity contribution in [3.05, 3.63) is 136 Å². The molecule has 0 aliphatic carbocycles. The Kier molecular flexibility index (Phi) is 9.79. The van der Waals surface area contributed by atoms with Gasteiger partial charge in [-0.1, -0.05) is 82.4 Å². The summed E-state index contributed by atoms with van der Waals surface area (Å²) in [4.78, 5) is 32.5. The molecule has 1 aliphatic heterocycles. The Balaban J connectivity index is 1.63. The van der Waals surface area contributed by atoms with E-state index in [1.165, 1.54) is 11.3 Å². The van der Waals surface area contributed by atoms with Crippen molar-refractivity contribution in [1.29, 1.82) is 0 Å². The smallest absolute Gasteiger partial charge is 0.338 e. The lowest BCUT2D eigenvalue weighted by atomic mass is 9.96. The highest BCUT2D eigenvalue weighted by Gasteiger charge is 2.33. The summed E-state index contributed by atoms with van der Waals surface area (Å²) in [5, 5.41) is 0. The van der Waals surface area contributed by atoms with E-state index < -0.39 is 12.0 Å². The van der Waals surface area contributed by atoms with Gasteiger partial charge in [0, 0.05) is 10.0 Å². The molecule has 0 spiro atoms. The summed E-state index contributed by atoms with van der Waals surface area (Å²) in [5.41, 5.74) is 3.00. The second-order valence-corrected chi connectivity index (χ2v) is 12.3. The van der Waals surface area contributed by atoms with Crippen LogP contribution in [-0.2, 0) is 16.1 Å². The van der Waals surface area contributed by atoms with Crippen LogP contribution in [0.15, 0.2) is 109 Å². The molecule has 2 heterocycles. The Morgan fingerprint density at radius 2 is 1.84 bits per heavy atom. The van der Waals surface area contributed by atoms with Crippen molar-refractivity contribution in [3.8, 4) is 11.5 Å². The number of benzene rings is 3. The van der Waals surface area contributed by atoms with E-state index in [0.717, 1.165) is 20.1 Å². The lowest BCUT2D eigenvalue weighted by Crippen LogP contribution is -2.39. The molecule has 0 N–H and O–H groups in total. The molecule has 0 saturated carbocycles. The van der Waals surface area contributed by atoms with E-state index in [1.807, 2.05) is 66.7 Å². The Labute approximate surface area is 269 Å². The maximum absolute atomic E-state index is 14.1. The molecule has 0 unspecified atom stereocenters. The molecule has 1 aromatic heterocycles. The number of allylic oxidation sites excluding steroid dienone is 1. The third-order valence-corrected chi connectivity index (χ3v) is 8.66. The lowest BCUT2D eigenvalue weighted by molar-refractivity contribution is -0.139. The van der Waals surface area contributed by atoms with Gasteiger partial charge >= 0.3 is 5.97 Å². The molecule has 3 aromatic carbocycles. The first-order chi connectivity index (χ1) is 20.8. The maximum Gasteiger partial charge on any atom is 0.338 e. The van der Waals surface area contributed by atoms with Gasteiger partial charge in [0.25, 0.3) is 5.56 Å². The molecule has 4 aromatic rings. The summed E-state index contributed by atoms with van der Waals surface area (Å²) in [6, 6.07) is 20.2. The molecule has 7 nitrogen and oxygen atoms in total. The molecule has 0 amide bonds. The summed E-state index contributed by atoms with van der Waals surface area (Å²) in [5.74, 6) is 0.744. The predicted molar refractivity (Wildman–Crippen MR) is 175 cm³/mol. The van der Waals surface area contributed by atoms with Crippen molar-refractivity contribution < 1.29 is 19.0 Å². The SMILES string of the molecule is C=CCOc1ccc([C@H]2C(C(=O)OCC)=C(C)N=c3s/c(=C\c4cc(Br)cc(Br)c4OCc4ccccc4)c(=O)n32)cc1. The quantitative estimate of drug-likeness (QED) is 0.139. The lowest BCUT2D eigenvalue weighted by Gasteiger charge is -2.24. The molecule has 220 valence electrons. The zero-order chi connectivity index (χ0) is 30.5. The molecule has 1 aliphatic rings. The van der Waals surface area contributed by atoms with Crippen molar-refractivity contribution >= 4 is 55.2 Å². The normalized spacial score (nSPS) is 14.6. The zero-order valence-corrected chi connectivity index (χ0v) is 27.5. The van der Waals surface area contributed by atoms with Crippen LogP contribution >= 0.6 is 43.2 Å². The van der Waals surface area contributed by atoms with Crippen LogP contribution in [0.5, 0.6) is 11.5 Å². The number of rotatable bonds is 10. The second kappa shape index (κ2) is 13.7. The van der Waals surface area contributed by atoms with Crippen LogP contribution in [0.4, 0.5) is 0 Å². The number of fused-ring (bicyclic) bond motifs is 1. The van der Waals surface area contributed by atoms with Crippen molar-refractivity contribution in [2.75, 3.05) is 13.2 Å². The highest BCUT2D eigenvalue weighted by Crippen LogP contribution is 2.35. The Morgan fingerprint density at radius 1 is 1.09 bits per heavy atom. The molecule has 0 radical (unpaired) electrons. The number of halogens is 2. The van der Waals surface area contributed by atoms with Gasteiger partial charge in [-0.3, -0.25) is 9.36 Å². The highest BCUT2D eigenvalue weighted by atomic mass is 79.9. The molecule has 5 rings (SSSR count). The fraction of sp³-hybridized carbons (Fsp3) is 0.182. The minimum Gasteiger partial charge on any atom is -0.490 e. The zero-order valence-electron chi connectivity index (χ0n) is 23.5. The molecular weight excluding hydrogens is 696 g/mol. The van der Waals surface area contributed by atoms with Crippen molar-refractivity contribution in [3.63, 3.8) is 0 Å². The number of thiazole rings is 1. The van der Waals surface area contributed by atoms with Crippen molar-refractivity contribution in [2.45, 2.75) is 26.5 Å². The number of nitrogens with zero attached hydrogens (tertiary/aromatic N) is 2. The largest absolute Gasteiger partial charge is 0.490 e. The summed E-state index contributed by atoms with van der Waals surface area (Å²) >= 11 is 8.44. The van der Waals surface area contributed by atoms with E-state index in [9.17, 15) is 9.59 Å². The van der Waals surface area contributed by atoms with Gasteiger partial charge in [0.1, 0.15) is 24.7 Å². The minimum absolute atomic E-state index is 0.199. The van der Waals surface area contributed by atoms with Crippen LogP contribution in [0.2, 0.25) is 0 Å². The predicted octanol–water partition coefficient (Wildman–Crippen LogP) is 6.47. The Morgan fingerprint density at radius 3 is 2.53 bits per heavy atom. The van der Waals surface area contributed by atoms with Gasteiger partial charge < -0.3 is 14.2 Å². The van der Waals surface area contributed by atoms with Gasteiger partial charge in [0.15, 0.2) is 4.80 Å². The van der Waals surface area contributed by atoms with Crippen LogP contribution in [0.25, 0.3) is 6.08 Å². The standard InChI is InChI=1S/C33H28Br2N2O5S/c1-4-15-41-25-13-11-22(12-14-25)29-28(32(39)40-5-2)20(3)36-33-37(29)31(38)27(43-33)17-23-16-24(34)18-26(35)30(23)42-19-21-9-7-6-8-10-21/h4,6-14,16-18,29H,1,5,15,19H2,2-3H3/b27-17-/t29-/m0/s1.